The van der Waals surface area contributed by atoms with Crippen molar-refractivity contribution in [2.75, 3.05) is 45.7 Å². The molecule has 6 nitrogen and oxygen atoms in total. The molecule has 1 heterocycles. The van der Waals surface area contributed by atoms with Gasteiger partial charge in [-0.15, -0.1) is 0 Å². The summed E-state index contributed by atoms with van der Waals surface area (Å²) in [6.07, 6.45) is 0. The summed E-state index contributed by atoms with van der Waals surface area (Å²) in [4.78, 5) is 7.23. The Labute approximate surface area is 167 Å². The summed E-state index contributed by atoms with van der Waals surface area (Å²) in [6.45, 7) is 10.4. The largest absolute Gasteiger partial charge is 0.493 e. The van der Waals surface area contributed by atoms with Crippen molar-refractivity contribution >= 4 is 17.7 Å². The molecule has 0 aromatic heterocycles. The van der Waals surface area contributed by atoms with Crippen LogP contribution in [-0.2, 0) is 6.54 Å². The number of hydrogen-bond acceptors (Lipinski definition) is 5. The Morgan fingerprint density at radius 2 is 2.22 bits per heavy atom. The lowest BCUT2D eigenvalue weighted by Crippen LogP contribution is -2.49. The average Bonchev–Trinajstić information content (AvgIpc) is 2.69. The standard InChI is InChI=1S/C20H33N3O3S/c1-5-21-20(23-8-11-27-19(14-23)15(2)3)22-13-16-6-7-17(26-10-9-24)18(12-16)25-4/h6-7,12,15,19,24H,5,8-11,13-14H2,1-4H3,(H,21,22). The molecule has 7 heteroatoms. The van der Waals surface area contributed by atoms with Crippen LogP contribution in [0.5, 0.6) is 11.5 Å². The van der Waals surface area contributed by atoms with Crippen LogP contribution >= 0.6 is 11.8 Å². The third-order valence-electron chi connectivity index (χ3n) is 4.46. The first-order chi connectivity index (χ1) is 13.1. The van der Waals surface area contributed by atoms with E-state index < -0.39 is 0 Å². The molecule has 1 aromatic carbocycles. The van der Waals surface area contributed by atoms with Gasteiger partial charge in [0.2, 0.25) is 0 Å². The van der Waals surface area contributed by atoms with Gasteiger partial charge in [0.15, 0.2) is 17.5 Å². The number of hydrogen-bond donors (Lipinski definition) is 2. The molecule has 1 aromatic rings. The molecular weight excluding hydrogens is 362 g/mol. The van der Waals surface area contributed by atoms with E-state index in [4.69, 9.17) is 19.6 Å². The fourth-order valence-corrected chi connectivity index (χ4v) is 4.25. The predicted octanol–water partition coefficient (Wildman–Crippen LogP) is 2.61. The van der Waals surface area contributed by atoms with Gasteiger partial charge >= 0.3 is 0 Å². The fraction of sp³-hybridized carbons (Fsp3) is 0.650. The Kier molecular flexibility index (Phi) is 9.07. The SMILES string of the molecule is CCNC(=NCc1ccc(OCCO)c(OC)c1)N1CCSC(C(C)C)C1. The van der Waals surface area contributed by atoms with Crippen molar-refractivity contribution in [1.29, 1.82) is 0 Å². The molecule has 1 unspecified atom stereocenters. The van der Waals surface area contributed by atoms with Crippen molar-refractivity contribution in [2.45, 2.75) is 32.6 Å². The molecule has 1 atom stereocenters. The minimum atomic E-state index is -0.0211. The normalized spacial score (nSPS) is 17.9. The topological polar surface area (TPSA) is 66.3 Å². The third-order valence-corrected chi connectivity index (χ3v) is 6.00. The summed E-state index contributed by atoms with van der Waals surface area (Å²) in [5.41, 5.74) is 1.06. The molecule has 0 spiro atoms. The number of aliphatic hydroxyl groups excluding tert-OH is 1. The predicted molar refractivity (Wildman–Crippen MR) is 113 cm³/mol. The van der Waals surface area contributed by atoms with Gasteiger partial charge in [-0.3, -0.25) is 0 Å². The summed E-state index contributed by atoms with van der Waals surface area (Å²) in [5.74, 6) is 4.08. The fourth-order valence-electron chi connectivity index (χ4n) is 2.95. The van der Waals surface area contributed by atoms with Crippen LogP contribution in [0.2, 0.25) is 0 Å². The molecule has 27 heavy (non-hydrogen) atoms. The van der Waals surface area contributed by atoms with Crippen LogP contribution in [-0.4, -0.2) is 66.9 Å². The van der Waals surface area contributed by atoms with E-state index in [1.165, 1.54) is 0 Å². The second-order valence-corrected chi connectivity index (χ2v) is 8.17. The van der Waals surface area contributed by atoms with Crippen LogP contribution in [0.3, 0.4) is 0 Å². The van der Waals surface area contributed by atoms with Gasteiger partial charge in [-0.2, -0.15) is 11.8 Å². The van der Waals surface area contributed by atoms with E-state index >= 15 is 0 Å². The van der Waals surface area contributed by atoms with E-state index in [2.05, 4.69) is 42.7 Å². The van der Waals surface area contributed by atoms with Crippen LogP contribution in [0.25, 0.3) is 0 Å². The molecule has 2 N–H and O–H groups in total. The summed E-state index contributed by atoms with van der Waals surface area (Å²) < 4.78 is 10.9. The second kappa shape index (κ2) is 11.3. The van der Waals surface area contributed by atoms with Gasteiger partial charge < -0.3 is 24.8 Å². The summed E-state index contributed by atoms with van der Waals surface area (Å²) in [5, 5.41) is 13.0. The minimum Gasteiger partial charge on any atom is -0.493 e. The zero-order chi connectivity index (χ0) is 19.6. The number of nitrogens with one attached hydrogen (secondary N) is 1. The molecule has 1 saturated heterocycles. The number of guanidine groups is 1. The first-order valence-corrected chi connectivity index (χ1v) is 10.7. The first kappa shape index (κ1) is 21.7. The Bertz CT molecular complexity index is 610. The average molecular weight is 396 g/mol. The van der Waals surface area contributed by atoms with Crippen LogP contribution in [0, 0.1) is 5.92 Å². The van der Waals surface area contributed by atoms with Crippen molar-refractivity contribution in [2.24, 2.45) is 10.9 Å². The van der Waals surface area contributed by atoms with E-state index in [1.54, 1.807) is 7.11 Å². The lowest BCUT2D eigenvalue weighted by atomic mass is 10.1. The van der Waals surface area contributed by atoms with E-state index in [-0.39, 0.29) is 13.2 Å². The number of methoxy groups -OCH3 is 1. The van der Waals surface area contributed by atoms with Gasteiger partial charge in [0, 0.05) is 30.6 Å². The van der Waals surface area contributed by atoms with Crippen LogP contribution in [0.4, 0.5) is 0 Å². The van der Waals surface area contributed by atoms with Crippen molar-refractivity contribution in [3.8, 4) is 11.5 Å². The van der Waals surface area contributed by atoms with E-state index in [1.807, 2.05) is 18.2 Å². The Morgan fingerprint density at radius 1 is 1.41 bits per heavy atom. The second-order valence-electron chi connectivity index (χ2n) is 6.83. The van der Waals surface area contributed by atoms with Gasteiger partial charge in [-0.1, -0.05) is 19.9 Å². The lowest BCUT2D eigenvalue weighted by Gasteiger charge is -2.36. The molecule has 0 radical (unpaired) electrons. The van der Waals surface area contributed by atoms with Crippen molar-refractivity contribution < 1.29 is 14.6 Å². The van der Waals surface area contributed by atoms with E-state index in [9.17, 15) is 0 Å². The Balaban J connectivity index is 2.09. The number of aliphatic imine (C=N–C) groups is 1. The van der Waals surface area contributed by atoms with E-state index in [0.717, 1.165) is 36.9 Å². The molecular formula is C20H33N3O3S. The quantitative estimate of drug-likeness (QED) is 0.521. The molecule has 1 fully saturated rings. The molecule has 0 aliphatic carbocycles. The van der Waals surface area contributed by atoms with Crippen LogP contribution in [0.1, 0.15) is 26.3 Å². The number of thioether (sulfide) groups is 1. The van der Waals surface area contributed by atoms with Crippen molar-refractivity contribution in [3.63, 3.8) is 0 Å². The highest BCUT2D eigenvalue weighted by Gasteiger charge is 2.24. The molecule has 1 aliphatic rings. The number of rotatable bonds is 8. The molecule has 2 rings (SSSR count). The minimum absolute atomic E-state index is 0.0211. The maximum atomic E-state index is 8.92. The highest BCUT2D eigenvalue weighted by atomic mass is 32.2. The smallest absolute Gasteiger partial charge is 0.194 e. The van der Waals surface area contributed by atoms with Gasteiger partial charge in [-0.25, -0.2) is 4.99 Å². The summed E-state index contributed by atoms with van der Waals surface area (Å²) in [7, 11) is 1.62. The number of aliphatic hydroxyl groups is 1. The maximum absolute atomic E-state index is 8.92. The van der Waals surface area contributed by atoms with Gasteiger partial charge in [0.05, 0.1) is 20.3 Å². The zero-order valence-electron chi connectivity index (χ0n) is 16.9. The molecule has 0 amide bonds. The first-order valence-electron chi connectivity index (χ1n) is 9.64. The third kappa shape index (κ3) is 6.50. The highest BCUT2D eigenvalue weighted by Crippen LogP contribution is 2.28. The van der Waals surface area contributed by atoms with Crippen LogP contribution in [0.15, 0.2) is 23.2 Å². The van der Waals surface area contributed by atoms with Crippen molar-refractivity contribution in [3.05, 3.63) is 23.8 Å². The Morgan fingerprint density at radius 3 is 2.89 bits per heavy atom. The van der Waals surface area contributed by atoms with Gasteiger partial charge in [0.1, 0.15) is 6.61 Å². The Hall–Kier alpha value is -1.60. The number of nitrogens with zero attached hydrogens (tertiary/aromatic N) is 2. The molecule has 0 bridgehead atoms. The van der Waals surface area contributed by atoms with Crippen LogP contribution < -0.4 is 14.8 Å². The number of ether oxygens (including phenoxy) is 2. The molecule has 1 aliphatic heterocycles. The summed E-state index contributed by atoms with van der Waals surface area (Å²) in [6, 6.07) is 5.81. The summed E-state index contributed by atoms with van der Waals surface area (Å²) >= 11 is 2.07. The monoisotopic (exact) mass is 395 g/mol. The maximum Gasteiger partial charge on any atom is 0.194 e. The lowest BCUT2D eigenvalue weighted by molar-refractivity contribution is 0.196. The zero-order valence-corrected chi connectivity index (χ0v) is 17.7. The van der Waals surface area contributed by atoms with E-state index in [0.29, 0.717) is 29.2 Å². The van der Waals surface area contributed by atoms with Gasteiger partial charge in [0.25, 0.3) is 0 Å². The molecule has 0 saturated carbocycles. The highest BCUT2D eigenvalue weighted by molar-refractivity contribution is 8.00. The number of benzene rings is 1. The molecule has 152 valence electrons. The van der Waals surface area contributed by atoms with Crippen molar-refractivity contribution in [1.82, 2.24) is 10.2 Å². The van der Waals surface area contributed by atoms with Gasteiger partial charge in [-0.05, 0) is 30.5 Å².